The van der Waals surface area contributed by atoms with E-state index in [1.165, 1.54) is 18.2 Å². The molecule has 0 aliphatic rings. The van der Waals surface area contributed by atoms with Crippen molar-refractivity contribution in [1.29, 1.82) is 0 Å². The van der Waals surface area contributed by atoms with Gasteiger partial charge in [0.2, 0.25) is 0 Å². The summed E-state index contributed by atoms with van der Waals surface area (Å²) in [6.07, 6.45) is -1.22. The van der Waals surface area contributed by atoms with E-state index < -0.39 is 17.6 Å². The van der Waals surface area contributed by atoms with Crippen molar-refractivity contribution in [2.45, 2.75) is 33.2 Å². The van der Waals surface area contributed by atoms with Gasteiger partial charge in [-0.3, -0.25) is 19.2 Å². The maximum absolute atomic E-state index is 13.3. The first-order valence-electron chi connectivity index (χ1n) is 11.0. The minimum Gasteiger partial charge on any atom is -0.487 e. The van der Waals surface area contributed by atoms with E-state index in [0.717, 1.165) is 41.7 Å². The van der Waals surface area contributed by atoms with Crippen LogP contribution in [-0.2, 0) is 19.3 Å². The minimum absolute atomic E-state index is 0.0385. The zero-order chi connectivity index (χ0) is 25.2. The van der Waals surface area contributed by atoms with Crippen LogP contribution >= 0.6 is 11.3 Å². The molecule has 0 spiro atoms. The van der Waals surface area contributed by atoms with Crippen LogP contribution in [0.15, 0.2) is 48.9 Å². The van der Waals surface area contributed by atoms with Crippen molar-refractivity contribution in [2.75, 3.05) is 13.1 Å². The highest BCUT2D eigenvalue weighted by Gasteiger charge is 2.33. The van der Waals surface area contributed by atoms with Gasteiger partial charge in [0.25, 0.3) is 5.91 Å². The summed E-state index contributed by atoms with van der Waals surface area (Å²) in [5.74, 6) is -0.609. The van der Waals surface area contributed by atoms with Crippen LogP contribution in [-0.4, -0.2) is 38.4 Å². The van der Waals surface area contributed by atoms with Crippen molar-refractivity contribution in [3.8, 4) is 10.8 Å². The van der Waals surface area contributed by atoms with Crippen LogP contribution in [0.2, 0.25) is 0 Å². The zero-order valence-corrected chi connectivity index (χ0v) is 20.0. The quantitative estimate of drug-likeness (QED) is 0.347. The van der Waals surface area contributed by atoms with Gasteiger partial charge in [0.05, 0.1) is 23.0 Å². The average molecular weight is 504 g/mol. The second-order valence-electron chi connectivity index (χ2n) is 7.83. The van der Waals surface area contributed by atoms with E-state index in [2.05, 4.69) is 28.7 Å². The highest BCUT2D eigenvalue weighted by molar-refractivity contribution is 7.16. The highest BCUT2D eigenvalue weighted by Crippen LogP contribution is 2.36. The topological polar surface area (TPSA) is 86.3 Å². The van der Waals surface area contributed by atoms with Crippen LogP contribution in [0.5, 0.6) is 5.75 Å². The van der Waals surface area contributed by atoms with Gasteiger partial charge >= 0.3 is 6.18 Å². The Bertz CT molecular complexity index is 1340. The van der Waals surface area contributed by atoms with Gasteiger partial charge in [-0.15, -0.1) is 11.3 Å². The van der Waals surface area contributed by atoms with Gasteiger partial charge in [-0.25, -0.2) is 4.98 Å². The molecule has 4 rings (SSSR count). The Kier molecular flexibility index (Phi) is 7.08. The zero-order valence-electron chi connectivity index (χ0n) is 19.2. The number of carbonyl (C=O) groups excluding carboxylic acids is 1. The van der Waals surface area contributed by atoms with Crippen LogP contribution in [0.25, 0.3) is 16.0 Å². The second kappa shape index (κ2) is 10.0. The van der Waals surface area contributed by atoms with Crippen molar-refractivity contribution >= 4 is 28.3 Å². The Balaban J connectivity index is 1.66. The monoisotopic (exact) mass is 503 g/mol. The fourth-order valence-electron chi connectivity index (χ4n) is 3.73. The predicted octanol–water partition coefficient (Wildman–Crippen LogP) is 5.02. The molecular weight excluding hydrogens is 479 g/mol. The summed E-state index contributed by atoms with van der Waals surface area (Å²) in [6.45, 7) is 6.25. The van der Waals surface area contributed by atoms with Crippen molar-refractivity contribution in [1.82, 2.24) is 19.4 Å². The summed E-state index contributed by atoms with van der Waals surface area (Å²) in [7, 11) is 0. The van der Waals surface area contributed by atoms with Gasteiger partial charge in [-0.05, 0) is 25.2 Å². The largest absolute Gasteiger partial charge is 0.487 e. The average Bonchev–Trinajstić information content (AvgIpc) is 3.44. The van der Waals surface area contributed by atoms with Gasteiger partial charge in [0.15, 0.2) is 0 Å². The maximum Gasteiger partial charge on any atom is 0.416 e. The molecule has 35 heavy (non-hydrogen) atoms. The first-order valence-corrected chi connectivity index (χ1v) is 11.8. The molecule has 0 atom stereocenters. The second-order valence-corrected chi connectivity index (χ2v) is 8.86. The van der Waals surface area contributed by atoms with Gasteiger partial charge in [-0.2, -0.15) is 13.2 Å². The first-order chi connectivity index (χ1) is 16.7. The summed E-state index contributed by atoms with van der Waals surface area (Å²) in [4.78, 5) is 23.3. The highest BCUT2D eigenvalue weighted by atomic mass is 32.1. The lowest BCUT2D eigenvalue weighted by Crippen LogP contribution is -2.22. The summed E-state index contributed by atoms with van der Waals surface area (Å²) < 4.78 is 47.5. The number of carbonyl (C=O) groups is 1. The van der Waals surface area contributed by atoms with Crippen LogP contribution in [0, 0.1) is 0 Å². The van der Waals surface area contributed by atoms with Crippen LogP contribution in [0.4, 0.5) is 13.2 Å². The molecule has 4 aromatic rings. The Hall–Kier alpha value is -3.44. The number of aromatic nitrogens is 3. The van der Waals surface area contributed by atoms with Gasteiger partial charge in [0, 0.05) is 18.2 Å². The molecule has 3 heterocycles. The van der Waals surface area contributed by atoms with Crippen molar-refractivity contribution in [3.05, 3.63) is 70.6 Å². The van der Waals surface area contributed by atoms with Crippen molar-refractivity contribution in [3.63, 3.8) is 0 Å². The van der Waals surface area contributed by atoms with E-state index in [9.17, 15) is 18.0 Å². The number of hydrogen-bond acceptors (Lipinski definition) is 6. The van der Waals surface area contributed by atoms with E-state index in [1.807, 2.05) is 6.07 Å². The third kappa shape index (κ3) is 5.30. The maximum atomic E-state index is 13.3. The number of nitrogens with zero attached hydrogens (tertiary/aromatic N) is 4. The molecule has 0 bridgehead atoms. The number of ether oxygens (including phenoxy) is 1. The number of rotatable bonds is 9. The fraction of sp³-hybridized carbons (Fsp3) is 0.292. The number of pyridine rings is 1. The molecule has 2 N–H and O–H groups in total. The standard InChI is InChI=1S/C24H24F3N5O2S/c1-3-31(4-2)12-16-9-19-18(11-29-16)30-14-32(19)21-10-20(22(35-21)23(28)33)34-13-15-7-5-6-8-17(15)24(25,26)27/h5-11,14H,3-4,12-13H2,1-2H3,(H2,28,33). The molecule has 0 unspecified atom stereocenters. The Morgan fingerprint density at radius 1 is 1.17 bits per heavy atom. The molecule has 1 amide bonds. The number of thiophene rings is 1. The molecular formula is C24H24F3N5O2S. The molecule has 0 saturated carbocycles. The lowest BCUT2D eigenvalue weighted by atomic mass is 10.1. The Morgan fingerprint density at radius 3 is 2.60 bits per heavy atom. The van der Waals surface area contributed by atoms with E-state index in [-0.39, 0.29) is 22.8 Å². The third-order valence-corrected chi connectivity index (χ3v) is 6.75. The van der Waals surface area contributed by atoms with Crippen LogP contribution in [0.3, 0.4) is 0 Å². The lowest BCUT2D eigenvalue weighted by molar-refractivity contribution is -0.138. The van der Waals surface area contributed by atoms with Crippen molar-refractivity contribution < 1.29 is 22.7 Å². The van der Waals surface area contributed by atoms with Gasteiger partial charge < -0.3 is 10.5 Å². The van der Waals surface area contributed by atoms with Gasteiger partial charge in [0.1, 0.15) is 34.1 Å². The SMILES string of the molecule is CCN(CC)Cc1cc2c(cn1)ncn2-c1cc(OCc2ccccc2C(F)(F)F)c(C(N)=O)s1. The summed E-state index contributed by atoms with van der Waals surface area (Å²) >= 11 is 1.08. The molecule has 184 valence electrons. The Labute approximate surface area is 204 Å². The summed E-state index contributed by atoms with van der Waals surface area (Å²) in [5, 5.41) is 0.598. The molecule has 1 aromatic carbocycles. The molecule has 0 aliphatic heterocycles. The third-order valence-electron chi connectivity index (χ3n) is 5.62. The molecule has 11 heteroatoms. The van der Waals surface area contributed by atoms with Crippen LogP contribution in [0.1, 0.15) is 40.3 Å². The number of hydrogen-bond donors (Lipinski definition) is 1. The van der Waals surface area contributed by atoms with Crippen LogP contribution < -0.4 is 10.5 Å². The lowest BCUT2D eigenvalue weighted by Gasteiger charge is -2.17. The smallest absolute Gasteiger partial charge is 0.416 e. The molecule has 0 radical (unpaired) electrons. The van der Waals surface area contributed by atoms with E-state index in [4.69, 9.17) is 10.5 Å². The molecule has 0 aliphatic carbocycles. The van der Waals surface area contributed by atoms with E-state index >= 15 is 0 Å². The number of alkyl halides is 3. The number of halogens is 3. The van der Waals surface area contributed by atoms with E-state index in [1.54, 1.807) is 23.2 Å². The molecule has 0 saturated heterocycles. The molecule has 0 fully saturated rings. The van der Waals surface area contributed by atoms with Gasteiger partial charge in [-0.1, -0.05) is 32.0 Å². The number of nitrogens with two attached hydrogens (primary N) is 1. The molecule has 3 aromatic heterocycles. The number of primary amides is 1. The number of imidazole rings is 1. The number of fused-ring (bicyclic) bond motifs is 1. The minimum atomic E-state index is -4.52. The van der Waals surface area contributed by atoms with E-state index in [0.29, 0.717) is 17.1 Å². The Morgan fingerprint density at radius 2 is 1.91 bits per heavy atom. The molecule has 7 nitrogen and oxygen atoms in total. The summed E-state index contributed by atoms with van der Waals surface area (Å²) in [5.41, 5.74) is 7.04. The fourth-order valence-corrected chi connectivity index (χ4v) is 4.67. The predicted molar refractivity (Wildman–Crippen MR) is 128 cm³/mol. The normalized spacial score (nSPS) is 11.9. The van der Waals surface area contributed by atoms with Crippen molar-refractivity contribution in [2.24, 2.45) is 5.73 Å². The first kappa shape index (κ1) is 24.7. The number of amides is 1. The number of benzene rings is 1. The summed E-state index contributed by atoms with van der Waals surface area (Å²) in [6, 6.07) is 8.68.